The molecule has 1 heterocycles. The SMILES string of the molecule is CON(C)C(=O)[C@@H]1CC(C)(C)CN1C(=O)OC(C)(C)C. The Hall–Kier alpha value is -1.30. The summed E-state index contributed by atoms with van der Waals surface area (Å²) in [6, 6.07) is -0.537. The average Bonchev–Trinajstić information content (AvgIpc) is 2.61. The summed E-state index contributed by atoms with van der Waals surface area (Å²) in [5, 5.41) is 1.16. The normalized spacial score (nSPS) is 21.8. The van der Waals surface area contributed by atoms with Crippen LogP contribution in [0, 0.1) is 5.41 Å². The van der Waals surface area contributed by atoms with Crippen LogP contribution in [0.15, 0.2) is 0 Å². The molecule has 0 bridgehead atoms. The Bertz CT molecular complexity index is 387. The molecule has 2 amide bonds. The highest BCUT2D eigenvalue weighted by atomic mass is 16.7. The van der Waals surface area contributed by atoms with Crippen molar-refractivity contribution in [1.29, 1.82) is 0 Å². The molecule has 1 aliphatic rings. The molecular formula is C14H26N2O4. The number of carbonyl (C=O) groups excluding carboxylic acids is 2. The summed E-state index contributed by atoms with van der Waals surface area (Å²) >= 11 is 0. The van der Waals surface area contributed by atoms with E-state index >= 15 is 0 Å². The summed E-state index contributed by atoms with van der Waals surface area (Å²) in [5.74, 6) is -0.232. The highest BCUT2D eigenvalue weighted by molar-refractivity contribution is 5.85. The van der Waals surface area contributed by atoms with Crippen LogP contribution in [0.1, 0.15) is 41.0 Å². The molecule has 0 aromatic rings. The lowest BCUT2D eigenvalue weighted by molar-refractivity contribution is -0.173. The van der Waals surface area contributed by atoms with Crippen LogP contribution in [0.4, 0.5) is 4.79 Å². The maximum absolute atomic E-state index is 12.3. The minimum Gasteiger partial charge on any atom is -0.444 e. The summed E-state index contributed by atoms with van der Waals surface area (Å²) < 4.78 is 5.38. The average molecular weight is 286 g/mol. The van der Waals surface area contributed by atoms with Crippen LogP contribution in [0.5, 0.6) is 0 Å². The molecule has 0 saturated carbocycles. The molecule has 0 spiro atoms. The summed E-state index contributed by atoms with van der Waals surface area (Å²) in [7, 11) is 2.97. The van der Waals surface area contributed by atoms with Crippen molar-refractivity contribution in [3.63, 3.8) is 0 Å². The lowest BCUT2D eigenvalue weighted by Crippen LogP contribution is -2.47. The third kappa shape index (κ3) is 4.10. The number of hydroxylamine groups is 2. The third-order valence-corrected chi connectivity index (χ3v) is 3.22. The summed E-state index contributed by atoms with van der Waals surface area (Å²) in [6.45, 7) is 9.99. The van der Waals surface area contributed by atoms with E-state index in [4.69, 9.17) is 9.57 Å². The van der Waals surface area contributed by atoms with E-state index in [0.29, 0.717) is 13.0 Å². The highest BCUT2D eigenvalue weighted by Crippen LogP contribution is 2.35. The van der Waals surface area contributed by atoms with E-state index in [2.05, 4.69) is 0 Å². The van der Waals surface area contributed by atoms with Crippen LogP contribution < -0.4 is 0 Å². The maximum atomic E-state index is 12.3. The van der Waals surface area contributed by atoms with Gasteiger partial charge in [0.25, 0.3) is 5.91 Å². The lowest BCUT2D eigenvalue weighted by Gasteiger charge is -2.29. The first-order chi connectivity index (χ1) is 8.97. The highest BCUT2D eigenvalue weighted by Gasteiger charge is 2.46. The van der Waals surface area contributed by atoms with Gasteiger partial charge in [0.05, 0.1) is 7.11 Å². The van der Waals surface area contributed by atoms with Gasteiger partial charge in [-0.3, -0.25) is 14.5 Å². The van der Waals surface area contributed by atoms with Crippen molar-refractivity contribution < 1.29 is 19.2 Å². The van der Waals surface area contributed by atoms with Crippen molar-refractivity contribution in [2.45, 2.75) is 52.7 Å². The minimum atomic E-state index is -0.579. The fourth-order valence-corrected chi connectivity index (χ4v) is 2.30. The lowest BCUT2D eigenvalue weighted by atomic mass is 9.90. The van der Waals surface area contributed by atoms with Crippen molar-refractivity contribution in [3.05, 3.63) is 0 Å². The number of ether oxygens (including phenoxy) is 1. The molecule has 1 atom stereocenters. The predicted molar refractivity (Wildman–Crippen MR) is 74.9 cm³/mol. The minimum absolute atomic E-state index is 0.119. The van der Waals surface area contributed by atoms with Crippen molar-refractivity contribution >= 4 is 12.0 Å². The molecule has 6 heteroatoms. The Morgan fingerprint density at radius 1 is 1.30 bits per heavy atom. The molecule has 0 radical (unpaired) electrons. The van der Waals surface area contributed by atoms with Gasteiger partial charge in [-0.15, -0.1) is 0 Å². The topological polar surface area (TPSA) is 59.1 Å². The molecule has 1 aliphatic heterocycles. The molecule has 0 unspecified atom stereocenters. The molecular weight excluding hydrogens is 260 g/mol. The number of likely N-dealkylation sites (tertiary alicyclic amines) is 1. The molecule has 0 aromatic carbocycles. The molecule has 20 heavy (non-hydrogen) atoms. The fraction of sp³-hybridized carbons (Fsp3) is 0.857. The summed E-state index contributed by atoms with van der Waals surface area (Å²) in [6.07, 6.45) is 0.143. The van der Waals surface area contributed by atoms with Gasteiger partial charge in [-0.05, 0) is 32.6 Å². The Morgan fingerprint density at radius 3 is 2.30 bits per heavy atom. The van der Waals surface area contributed by atoms with Gasteiger partial charge in [0.1, 0.15) is 11.6 Å². The van der Waals surface area contributed by atoms with Crippen LogP contribution in [0.3, 0.4) is 0 Å². The van der Waals surface area contributed by atoms with Gasteiger partial charge in [0.2, 0.25) is 0 Å². The first-order valence-corrected chi connectivity index (χ1v) is 6.78. The second-order valence-electron chi connectivity index (χ2n) is 7.01. The standard InChI is InChI=1S/C14H26N2O4/c1-13(2,3)20-12(18)16-9-14(4,5)8-10(16)11(17)15(6)19-7/h10H,8-9H2,1-7H3/t10-/m0/s1. The second-order valence-corrected chi connectivity index (χ2v) is 7.01. The predicted octanol–water partition coefficient (Wildman–Crippen LogP) is 2.04. The second kappa shape index (κ2) is 5.60. The Balaban J connectivity index is 2.91. The number of rotatable bonds is 2. The van der Waals surface area contributed by atoms with Crippen LogP contribution >= 0.6 is 0 Å². The van der Waals surface area contributed by atoms with Crippen LogP contribution in [0.2, 0.25) is 0 Å². The number of hydrogen-bond acceptors (Lipinski definition) is 4. The maximum Gasteiger partial charge on any atom is 0.410 e. The van der Waals surface area contributed by atoms with E-state index in [1.807, 2.05) is 34.6 Å². The van der Waals surface area contributed by atoms with Crippen molar-refractivity contribution in [1.82, 2.24) is 9.96 Å². The number of hydrogen-bond donors (Lipinski definition) is 0. The molecule has 0 aliphatic carbocycles. The van der Waals surface area contributed by atoms with Gasteiger partial charge >= 0.3 is 6.09 Å². The van der Waals surface area contributed by atoms with Gasteiger partial charge in [0, 0.05) is 13.6 Å². The molecule has 1 rings (SSSR count). The van der Waals surface area contributed by atoms with E-state index in [9.17, 15) is 9.59 Å². The fourth-order valence-electron chi connectivity index (χ4n) is 2.30. The quantitative estimate of drug-likeness (QED) is 0.729. The first kappa shape index (κ1) is 16.8. The van der Waals surface area contributed by atoms with E-state index in [1.165, 1.54) is 12.0 Å². The number of amides is 2. The molecule has 116 valence electrons. The Morgan fingerprint density at radius 2 is 1.85 bits per heavy atom. The van der Waals surface area contributed by atoms with Gasteiger partial charge < -0.3 is 4.74 Å². The van der Waals surface area contributed by atoms with Crippen LogP contribution in [-0.4, -0.2) is 54.3 Å². The number of carbonyl (C=O) groups is 2. The van der Waals surface area contributed by atoms with Crippen molar-refractivity contribution in [3.8, 4) is 0 Å². The molecule has 6 nitrogen and oxygen atoms in total. The smallest absolute Gasteiger partial charge is 0.410 e. The molecule has 1 fully saturated rings. The Labute approximate surface area is 121 Å². The van der Waals surface area contributed by atoms with E-state index < -0.39 is 17.7 Å². The van der Waals surface area contributed by atoms with E-state index in [-0.39, 0.29) is 11.3 Å². The van der Waals surface area contributed by atoms with Crippen molar-refractivity contribution in [2.24, 2.45) is 5.41 Å². The summed E-state index contributed by atoms with van der Waals surface area (Å²) in [4.78, 5) is 31.0. The molecule has 1 saturated heterocycles. The monoisotopic (exact) mass is 286 g/mol. The zero-order chi connectivity index (χ0) is 15.7. The number of likely N-dealkylation sites (N-methyl/N-ethyl adjacent to an activating group) is 1. The number of nitrogens with zero attached hydrogens (tertiary/aromatic N) is 2. The van der Waals surface area contributed by atoms with Gasteiger partial charge in [-0.25, -0.2) is 9.86 Å². The Kier molecular flexibility index (Phi) is 4.69. The molecule has 0 N–H and O–H groups in total. The van der Waals surface area contributed by atoms with E-state index in [0.717, 1.165) is 5.06 Å². The summed E-state index contributed by atoms with van der Waals surface area (Å²) in [5.41, 5.74) is -0.698. The van der Waals surface area contributed by atoms with Gasteiger partial charge in [0.15, 0.2) is 0 Å². The zero-order valence-corrected chi connectivity index (χ0v) is 13.5. The largest absolute Gasteiger partial charge is 0.444 e. The third-order valence-electron chi connectivity index (χ3n) is 3.22. The van der Waals surface area contributed by atoms with Crippen LogP contribution in [-0.2, 0) is 14.4 Å². The molecule has 0 aromatic heterocycles. The van der Waals surface area contributed by atoms with E-state index in [1.54, 1.807) is 7.05 Å². The van der Waals surface area contributed by atoms with Crippen LogP contribution in [0.25, 0.3) is 0 Å². The zero-order valence-electron chi connectivity index (χ0n) is 13.5. The van der Waals surface area contributed by atoms with Gasteiger partial charge in [-0.1, -0.05) is 13.8 Å². The van der Waals surface area contributed by atoms with Gasteiger partial charge in [-0.2, -0.15) is 0 Å². The first-order valence-electron chi connectivity index (χ1n) is 6.78. The van der Waals surface area contributed by atoms with Crippen molar-refractivity contribution in [2.75, 3.05) is 20.7 Å².